The summed E-state index contributed by atoms with van der Waals surface area (Å²) in [5.41, 5.74) is 3.39. The fourth-order valence-corrected chi connectivity index (χ4v) is 2.29. The normalized spacial score (nSPS) is 10.8. The van der Waals surface area contributed by atoms with Crippen LogP contribution in [-0.2, 0) is 0 Å². The maximum atomic E-state index is 13.0. The minimum absolute atomic E-state index is 0.305. The van der Waals surface area contributed by atoms with E-state index in [9.17, 15) is 4.39 Å². The molecule has 5 nitrogen and oxygen atoms in total. The van der Waals surface area contributed by atoms with Crippen LogP contribution in [0.4, 0.5) is 4.39 Å². The third-order valence-corrected chi connectivity index (χ3v) is 3.45. The molecule has 0 aliphatic carbocycles. The average molecular weight is 306 g/mol. The monoisotopic (exact) mass is 306 g/mol. The van der Waals surface area contributed by atoms with Crippen molar-refractivity contribution >= 4 is 0 Å². The van der Waals surface area contributed by atoms with E-state index in [-0.39, 0.29) is 5.82 Å². The average Bonchev–Trinajstić information content (AvgIpc) is 3.28. The van der Waals surface area contributed by atoms with Gasteiger partial charge in [0.15, 0.2) is 0 Å². The zero-order chi connectivity index (χ0) is 15.6. The number of halogens is 1. The van der Waals surface area contributed by atoms with Crippen LogP contribution in [-0.4, -0.2) is 20.3 Å². The van der Waals surface area contributed by atoms with Crippen molar-refractivity contribution in [1.29, 1.82) is 0 Å². The molecule has 0 atom stereocenters. The summed E-state index contributed by atoms with van der Waals surface area (Å²) in [6.45, 7) is 0. The van der Waals surface area contributed by atoms with E-state index in [1.165, 1.54) is 12.1 Å². The van der Waals surface area contributed by atoms with Gasteiger partial charge in [0.2, 0.25) is 5.82 Å². The maximum Gasteiger partial charge on any atom is 0.258 e. The Bertz CT molecular complexity index is 929. The summed E-state index contributed by atoms with van der Waals surface area (Å²) >= 11 is 0. The first-order chi connectivity index (χ1) is 11.3. The molecular formula is C17H11FN4O. The van der Waals surface area contributed by atoms with Crippen LogP contribution in [0, 0.1) is 5.82 Å². The number of benzene rings is 2. The largest absolute Gasteiger partial charge is 0.334 e. The molecule has 0 radical (unpaired) electrons. The summed E-state index contributed by atoms with van der Waals surface area (Å²) < 4.78 is 18.2. The second-order valence-electron chi connectivity index (χ2n) is 4.98. The highest BCUT2D eigenvalue weighted by molar-refractivity contribution is 5.68. The van der Waals surface area contributed by atoms with E-state index >= 15 is 0 Å². The summed E-state index contributed by atoms with van der Waals surface area (Å²) in [6, 6.07) is 15.6. The van der Waals surface area contributed by atoms with E-state index in [4.69, 9.17) is 4.52 Å². The molecule has 0 unspecified atom stereocenters. The Hall–Kier alpha value is -3.28. The highest BCUT2D eigenvalue weighted by atomic mass is 19.1. The van der Waals surface area contributed by atoms with Crippen molar-refractivity contribution < 1.29 is 8.91 Å². The molecule has 2 aromatic heterocycles. The number of aromatic nitrogens is 4. The first kappa shape index (κ1) is 13.4. The van der Waals surface area contributed by atoms with E-state index in [2.05, 4.69) is 20.3 Å². The Kier molecular flexibility index (Phi) is 3.20. The first-order valence-corrected chi connectivity index (χ1v) is 6.99. The molecular weight excluding hydrogens is 295 g/mol. The summed E-state index contributed by atoms with van der Waals surface area (Å²) in [4.78, 5) is 4.38. The number of rotatable bonds is 3. The number of nitrogens with one attached hydrogen (secondary N) is 1. The van der Waals surface area contributed by atoms with Gasteiger partial charge in [0, 0.05) is 22.9 Å². The molecule has 0 spiro atoms. The van der Waals surface area contributed by atoms with Crippen LogP contribution in [0.25, 0.3) is 34.1 Å². The molecule has 0 aliphatic heterocycles. The Balaban J connectivity index is 1.69. The quantitative estimate of drug-likeness (QED) is 0.622. The molecule has 4 rings (SSSR count). The van der Waals surface area contributed by atoms with Crippen molar-refractivity contribution in [2.75, 3.05) is 0 Å². The number of hydrogen-bond donors (Lipinski definition) is 1. The SMILES string of the molecule is Fc1ccc(-c2nc(-c3cccc(-c4ccn[nH]4)c3)no2)cc1. The van der Waals surface area contributed by atoms with Gasteiger partial charge in [-0.3, -0.25) is 5.10 Å². The van der Waals surface area contributed by atoms with E-state index in [1.807, 2.05) is 30.3 Å². The standard InChI is InChI=1S/C17H11FN4O/c18-14-6-4-11(5-7-14)17-20-16(22-23-17)13-3-1-2-12(10-13)15-8-9-19-21-15/h1-10H,(H,19,21). The van der Waals surface area contributed by atoms with E-state index < -0.39 is 0 Å². The molecule has 0 saturated heterocycles. The summed E-state index contributed by atoms with van der Waals surface area (Å²) in [5.74, 6) is 0.526. The summed E-state index contributed by atoms with van der Waals surface area (Å²) in [5, 5.41) is 10.9. The smallest absolute Gasteiger partial charge is 0.258 e. The summed E-state index contributed by atoms with van der Waals surface area (Å²) in [6.07, 6.45) is 1.70. The molecule has 112 valence electrons. The van der Waals surface area contributed by atoms with Crippen molar-refractivity contribution in [1.82, 2.24) is 20.3 Å². The van der Waals surface area contributed by atoms with Gasteiger partial charge in [-0.15, -0.1) is 0 Å². The number of hydrogen-bond acceptors (Lipinski definition) is 4. The third kappa shape index (κ3) is 2.62. The molecule has 0 fully saturated rings. The van der Waals surface area contributed by atoms with Crippen molar-refractivity contribution in [2.24, 2.45) is 0 Å². The predicted molar refractivity (Wildman–Crippen MR) is 82.7 cm³/mol. The van der Waals surface area contributed by atoms with Crippen molar-refractivity contribution in [3.05, 3.63) is 66.6 Å². The van der Waals surface area contributed by atoms with Crippen LogP contribution in [0.1, 0.15) is 0 Å². The van der Waals surface area contributed by atoms with Gasteiger partial charge in [-0.1, -0.05) is 23.4 Å². The fourth-order valence-electron chi connectivity index (χ4n) is 2.29. The van der Waals surface area contributed by atoms with Gasteiger partial charge in [0.05, 0.1) is 5.69 Å². The van der Waals surface area contributed by atoms with E-state index in [0.717, 1.165) is 16.8 Å². The number of nitrogens with zero attached hydrogens (tertiary/aromatic N) is 3. The van der Waals surface area contributed by atoms with Crippen LogP contribution < -0.4 is 0 Å². The van der Waals surface area contributed by atoms with E-state index in [0.29, 0.717) is 17.3 Å². The second kappa shape index (κ2) is 5.49. The van der Waals surface area contributed by atoms with Gasteiger partial charge >= 0.3 is 0 Å². The minimum atomic E-state index is -0.305. The molecule has 23 heavy (non-hydrogen) atoms. The van der Waals surface area contributed by atoms with Crippen molar-refractivity contribution in [3.63, 3.8) is 0 Å². The van der Waals surface area contributed by atoms with Crippen LogP contribution in [0.5, 0.6) is 0 Å². The van der Waals surface area contributed by atoms with Crippen LogP contribution in [0.2, 0.25) is 0 Å². The Morgan fingerprint density at radius 2 is 1.74 bits per heavy atom. The van der Waals surface area contributed by atoms with E-state index in [1.54, 1.807) is 18.3 Å². The molecule has 6 heteroatoms. The minimum Gasteiger partial charge on any atom is -0.334 e. The van der Waals surface area contributed by atoms with Gasteiger partial charge in [0.1, 0.15) is 5.82 Å². The number of aromatic amines is 1. The Morgan fingerprint density at radius 3 is 2.52 bits per heavy atom. The Morgan fingerprint density at radius 1 is 0.913 bits per heavy atom. The molecule has 1 N–H and O–H groups in total. The first-order valence-electron chi connectivity index (χ1n) is 6.99. The molecule has 0 saturated carbocycles. The predicted octanol–water partition coefficient (Wildman–Crippen LogP) is 3.93. The lowest BCUT2D eigenvalue weighted by atomic mass is 10.1. The lowest BCUT2D eigenvalue weighted by molar-refractivity contribution is 0.432. The van der Waals surface area contributed by atoms with Gasteiger partial charge < -0.3 is 4.52 Å². The van der Waals surface area contributed by atoms with Gasteiger partial charge in [-0.2, -0.15) is 10.1 Å². The third-order valence-electron chi connectivity index (χ3n) is 3.45. The topological polar surface area (TPSA) is 67.6 Å². The molecule has 2 aromatic carbocycles. The Labute approximate surface area is 130 Å². The van der Waals surface area contributed by atoms with Crippen molar-refractivity contribution in [2.45, 2.75) is 0 Å². The van der Waals surface area contributed by atoms with Crippen LogP contribution in [0.3, 0.4) is 0 Å². The lowest BCUT2D eigenvalue weighted by Gasteiger charge is -1.99. The second-order valence-corrected chi connectivity index (χ2v) is 4.98. The molecule has 0 bridgehead atoms. The molecule has 0 aliphatic rings. The number of H-pyrrole nitrogens is 1. The molecule has 4 aromatic rings. The highest BCUT2D eigenvalue weighted by Gasteiger charge is 2.11. The van der Waals surface area contributed by atoms with Crippen LogP contribution in [0.15, 0.2) is 65.3 Å². The molecule has 2 heterocycles. The fraction of sp³-hybridized carbons (Fsp3) is 0. The van der Waals surface area contributed by atoms with Crippen molar-refractivity contribution in [3.8, 4) is 34.1 Å². The van der Waals surface area contributed by atoms with Crippen LogP contribution >= 0.6 is 0 Å². The zero-order valence-electron chi connectivity index (χ0n) is 11.9. The highest BCUT2D eigenvalue weighted by Crippen LogP contribution is 2.25. The van der Waals surface area contributed by atoms with Gasteiger partial charge in [-0.05, 0) is 36.4 Å². The summed E-state index contributed by atoms with van der Waals surface area (Å²) in [7, 11) is 0. The lowest BCUT2D eigenvalue weighted by Crippen LogP contribution is -1.84. The van der Waals surface area contributed by atoms with Gasteiger partial charge in [-0.25, -0.2) is 4.39 Å². The zero-order valence-corrected chi connectivity index (χ0v) is 11.9. The van der Waals surface area contributed by atoms with Gasteiger partial charge in [0.25, 0.3) is 5.89 Å². The molecule has 0 amide bonds. The maximum absolute atomic E-state index is 13.0.